The van der Waals surface area contributed by atoms with Gasteiger partial charge in [0.15, 0.2) is 0 Å². The van der Waals surface area contributed by atoms with Crippen molar-refractivity contribution >= 4 is 5.91 Å². The van der Waals surface area contributed by atoms with E-state index in [2.05, 4.69) is 31.0 Å². The fraction of sp³-hybridized carbons (Fsp3) is 0.929. The lowest BCUT2D eigenvalue weighted by Crippen LogP contribution is -2.51. The van der Waals surface area contributed by atoms with E-state index in [9.17, 15) is 4.79 Å². The average Bonchev–Trinajstić information content (AvgIpc) is 2.36. The quantitative estimate of drug-likeness (QED) is 0.741. The second-order valence-corrected chi connectivity index (χ2v) is 5.12. The molecule has 17 heavy (non-hydrogen) atoms. The molecule has 0 saturated carbocycles. The molecular formula is C14H28N2O. The Bertz CT molecular complexity index is 226. The predicted octanol–water partition coefficient (Wildman–Crippen LogP) is 2.41. The Morgan fingerprint density at radius 1 is 1.35 bits per heavy atom. The second kappa shape index (κ2) is 7.70. The van der Waals surface area contributed by atoms with Crippen LogP contribution in [0.1, 0.15) is 52.9 Å². The van der Waals surface area contributed by atoms with Crippen LogP contribution in [-0.4, -0.2) is 36.5 Å². The van der Waals surface area contributed by atoms with Crippen LogP contribution in [0.4, 0.5) is 0 Å². The molecule has 1 saturated heterocycles. The van der Waals surface area contributed by atoms with Crippen LogP contribution in [-0.2, 0) is 4.79 Å². The summed E-state index contributed by atoms with van der Waals surface area (Å²) in [4.78, 5) is 14.3. The Balaban J connectivity index is 2.46. The highest BCUT2D eigenvalue weighted by molar-refractivity contribution is 5.82. The molecular weight excluding hydrogens is 212 g/mol. The lowest BCUT2D eigenvalue weighted by Gasteiger charge is -2.34. The lowest BCUT2D eigenvalue weighted by atomic mass is 9.99. The number of likely N-dealkylation sites (tertiary alicyclic amines) is 1. The maximum absolute atomic E-state index is 12.3. The molecule has 0 aromatic heterocycles. The number of amides is 1. The van der Waals surface area contributed by atoms with E-state index < -0.39 is 0 Å². The van der Waals surface area contributed by atoms with Gasteiger partial charge in [-0.15, -0.1) is 0 Å². The van der Waals surface area contributed by atoms with Gasteiger partial charge in [0.1, 0.15) is 0 Å². The Morgan fingerprint density at radius 2 is 2.06 bits per heavy atom. The molecule has 1 fully saturated rings. The summed E-state index contributed by atoms with van der Waals surface area (Å²) in [5, 5.41) is 3.37. The standard InChI is InChI=1S/C14H28N2O/c1-4-9-15-13-8-7-10-16(14(13)17)11-12(5-2)6-3/h12-13,15H,4-11H2,1-3H3. The number of nitrogens with zero attached hydrogens (tertiary/aromatic N) is 1. The average molecular weight is 240 g/mol. The first-order valence-corrected chi connectivity index (χ1v) is 7.25. The maximum atomic E-state index is 12.3. The van der Waals surface area contributed by atoms with Crippen LogP contribution < -0.4 is 5.32 Å². The van der Waals surface area contributed by atoms with Crippen LogP contribution >= 0.6 is 0 Å². The molecule has 1 heterocycles. The van der Waals surface area contributed by atoms with Crippen molar-refractivity contribution in [3.8, 4) is 0 Å². The fourth-order valence-electron chi connectivity index (χ4n) is 2.49. The van der Waals surface area contributed by atoms with E-state index in [1.807, 2.05) is 0 Å². The maximum Gasteiger partial charge on any atom is 0.239 e. The highest BCUT2D eigenvalue weighted by atomic mass is 16.2. The molecule has 1 unspecified atom stereocenters. The summed E-state index contributed by atoms with van der Waals surface area (Å²) in [5.41, 5.74) is 0. The van der Waals surface area contributed by atoms with Crippen molar-refractivity contribution in [2.45, 2.75) is 58.9 Å². The monoisotopic (exact) mass is 240 g/mol. The van der Waals surface area contributed by atoms with E-state index >= 15 is 0 Å². The van der Waals surface area contributed by atoms with Gasteiger partial charge in [-0.05, 0) is 31.7 Å². The zero-order valence-corrected chi connectivity index (χ0v) is 11.7. The molecule has 3 heteroatoms. The summed E-state index contributed by atoms with van der Waals surface area (Å²) in [5.74, 6) is 1.00. The van der Waals surface area contributed by atoms with E-state index in [1.54, 1.807) is 0 Å². The lowest BCUT2D eigenvalue weighted by molar-refractivity contribution is -0.136. The SMILES string of the molecule is CCCNC1CCCN(CC(CC)CC)C1=O. The van der Waals surface area contributed by atoms with Gasteiger partial charge in [-0.2, -0.15) is 0 Å². The summed E-state index contributed by atoms with van der Waals surface area (Å²) in [6.07, 6.45) is 5.60. The van der Waals surface area contributed by atoms with Gasteiger partial charge in [0.25, 0.3) is 0 Å². The molecule has 1 rings (SSSR count). The van der Waals surface area contributed by atoms with Gasteiger partial charge in [-0.1, -0.05) is 33.6 Å². The van der Waals surface area contributed by atoms with Crippen molar-refractivity contribution in [3.05, 3.63) is 0 Å². The summed E-state index contributed by atoms with van der Waals surface area (Å²) in [6, 6.07) is 0.0815. The Hall–Kier alpha value is -0.570. The molecule has 0 spiro atoms. The number of nitrogens with one attached hydrogen (secondary N) is 1. The zero-order chi connectivity index (χ0) is 12.7. The van der Waals surface area contributed by atoms with Crippen LogP contribution in [0, 0.1) is 5.92 Å². The first kappa shape index (κ1) is 14.5. The molecule has 100 valence electrons. The second-order valence-electron chi connectivity index (χ2n) is 5.12. The molecule has 1 aliphatic rings. The first-order chi connectivity index (χ1) is 8.22. The topological polar surface area (TPSA) is 32.3 Å². The Kier molecular flexibility index (Phi) is 6.56. The normalized spacial score (nSPS) is 21.3. The molecule has 1 aliphatic heterocycles. The van der Waals surface area contributed by atoms with Crippen molar-refractivity contribution < 1.29 is 4.79 Å². The number of carbonyl (C=O) groups is 1. The third-order valence-electron chi connectivity index (χ3n) is 3.80. The van der Waals surface area contributed by atoms with Crippen LogP contribution in [0.2, 0.25) is 0 Å². The number of rotatable bonds is 7. The summed E-state index contributed by atoms with van der Waals surface area (Å²) in [7, 11) is 0. The van der Waals surface area contributed by atoms with Gasteiger partial charge in [-0.25, -0.2) is 0 Å². The minimum absolute atomic E-state index is 0.0815. The molecule has 0 aromatic carbocycles. The van der Waals surface area contributed by atoms with Gasteiger partial charge in [0.05, 0.1) is 6.04 Å². The summed E-state index contributed by atoms with van der Waals surface area (Å²) in [6.45, 7) is 9.44. The van der Waals surface area contributed by atoms with Crippen molar-refractivity contribution in [3.63, 3.8) is 0 Å². The molecule has 0 aliphatic carbocycles. The van der Waals surface area contributed by atoms with E-state index in [4.69, 9.17) is 0 Å². The fourth-order valence-corrected chi connectivity index (χ4v) is 2.49. The van der Waals surface area contributed by atoms with E-state index in [0.717, 1.165) is 38.9 Å². The van der Waals surface area contributed by atoms with E-state index in [1.165, 1.54) is 12.8 Å². The molecule has 3 nitrogen and oxygen atoms in total. The number of hydrogen-bond donors (Lipinski definition) is 1. The van der Waals surface area contributed by atoms with Gasteiger partial charge in [0.2, 0.25) is 5.91 Å². The van der Waals surface area contributed by atoms with E-state index in [0.29, 0.717) is 11.8 Å². The minimum Gasteiger partial charge on any atom is -0.341 e. The smallest absolute Gasteiger partial charge is 0.239 e. The Morgan fingerprint density at radius 3 is 2.65 bits per heavy atom. The van der Waals surface area contributed by atoms with Gasteiger partial charge >= 0.3 is 0 Å². The van der Waals surface area contributed by atoms with Crippen LogP contribution in [0.15, 0.2) is 0 Å². The third kappa shape index (κ3) is 4.30. The summed E-state index contributed by atoms with van der Waals surface area (Å²) >= 11 is 0. The predicted molar refractivity (Wildman–Crippen MR) is 72.0 cm³/mol. The van der Waals surface area contributed by atoms with Crippen molar-refractivity contribution in [2.75, 3.05) is 19.6 Å². The summed E-state index contributed by atoms with van der Waals surface area (Å²) < 4.78 is 0. The first-order valence-electron chi connectivity index (χ1n) is 7.25. The van der Waals surface area contributed by atoms with Gasteiger partial charge < -0.3 is 10.2 Å². The van der Waals surface area contributed by atoms with Crippen molar-refractivity contribution in [1.29, 1.82) is 0 Å². The van der Waals surface area contributed by atoms with Crippen LogP contribution in [0.3, 0.4) is 0 Å². The highest BCUT2D eigenvalue weighted by Crippen LogP contribution is 2.16. The minimum atomic E-state index is 0.0815. The number of carbonyl (C=O) groups excluding carboxylic acids is 1. The number of piperidine rings is 1. The molecule has 0 aromatic rings. The molecule has 0 bridgehead atoms. The number of hydrogen-bond acceptors (Lipinski definition) is 2. The van der Waals surface area contributed by atoms with Crippen LogP contribution in [0.25, 0.3) is 0 Å². The highest BCUT2D eigenvalue weighted by Gasteiger charge is 2.28. The molecule has 0 radical (unpaired) electrons. The van der Waals surface area contributed by atoms with Crippen molar-refractivity contribution in [2.24, 2.45) is 5.92 Å². The largest absolute Gasteiger partial charge is 0.341 e. The van der Waals surface area contributed by atoms with Gasteiger partial charge in [-0.3, -0.25) is 4.79 Å². The zero-order valence-electron chi connectivity index (χ0n) is 11.7. The molecule has 1 N–H and O–H groups in total. The van der Waals surface area contributed by atoms with Crippen molar-refractivity contribution in [1.82, 2.24) is 10.2 Å². The van der Waals surface area contributed by atoms with E-state index in [-0.39, 0.29) is 6.04 Å². The molecule has 1 amide bonds. The molecule has 1 atom stereocenters. The van der Waals surface area contributed by atoms with Crippen LogP contribution in [0.5, 0.6) is 0 Å². The third-order valence-corrected chi connectivity index (χ3v) is 3.80. The Labute approximate surface area is 106 Å². The van der Waals surface area contributed by atoms with Gasteiger partial charge in [0, 0.05) is 13.1 Å².